The Bertz CT molecular complexity index is 2600. The van der Waals surface area contributed by atoms with Gasteiger partial charge in [-0.05, 0) is 53.6 Å². The zero-order valence-electron chi connectivity index (χ0n) is 25.8. The Morgan fingerprint density at radius 3 is 1.60 bits per heavy atom. The molecule has 5 aromatic carbocycles. The second-order valence-corrected chi connectivity index (χ2v) is 11.8. The van der Waals surface area contributed by atoms with Gasteiger partial charge in [-0.2, -0.15) is 0 Å². The molecule has 0 spiro atoms. The van der Waals surface area contributed by atoms with Gasteiger partial charge in [0.05, 0.1) is 44.8 Å². The van der Waals surface area contributed by atoms with Gasteiger partial charge in [-0.1, -0.05) is 109 Å². The van der Waals surface area contributed by atoms with Crippen LogP contribution in [0.5, 0.6) is 0 Å². The Labute approximate surface area is 277 Å². The molecular weight excluding hydrogens is 587 g/mol. The van der Waals surface area contributed by atoms with E-state index in [1.807, 2.05) is 54.7 Å². The summed E-state index contributed by atoms with van der Waals surface area (Å²) in [5.74, 6) is 0. The van der Waals surface area contributed by atoms with Gasteiger partial charge in [0.1, 0.15) is 0 Å². The molecule has 0 atom stereocenters. The molecule has 0 fully saturated rings. The summed E-state index contributed by atoms with van der Waals surface area (Å²) < 4.78 is 0. The van der Waals surface area contributed by atoms with Crippen molar-refractivity contribution in [2.75, 3.05) is 0 Å². The molecule has 5 heteroatoms. The maximum atomic E-state index is 5.19. The van der Waals surface area contributed by atoms with Gasteiger partial charge in [0.15, 0.2) is 0 Å². The van der Waals surface area contributed by atoms with Gasteiger partial charge in [0, 0.05) is 45.4 Å². The largest absolute Gasteiger partial charge is 0.264 e. The Hall–Kier alpha value is -6.59. The number of benzene rings is 5. The standard InChI is InChI=1S/C43H27N5/c1-3-9-28(10-4-1)36-21-18-30-16-17-31-19-22-37(46-42(31)41(30)45-36)34-14-7-13-32(25-34)33-20-23-38-39(26-33)48-43(35-15-8-24-44-27-35)40(47-38)29-11-5-2-6-12-29/h1-27H. The average molecular weight is 614 g/mol. The lowest BCUT2D eigenvalue weighted by Gasteiger charge is -2.12. The summed E-state index contributed by atoms with van der Waals surface area (Å²) in [6.07, 6.45) is 3.62. The molecule has 4 aromatic heterocycles. The van der Waals surface area contributed by atoms with Crippen LogP contribution < -0.4 is 0 Å². The van der Waals surface area contributed by atoms with E-state index in [0.717, 1.165) is 89.0 Å². The van der Waals surface area contributed by atoms with Gasteiger partial charge in [-0.3, -0.25) is 4.98 Å². The molecule has 5 nitrogen and oxygen atoms in total. The first-order chi connectivity index (χ1) is 23.8. The Balaban J connectivity index is 1.13. The smallest absolute Gasteiger partial charge is 0.0988 e. The number of hydrogen-bond acceptors (Lipinski definition) is 5. The van der Waals surface area contributed by atoms with Crippen LogP contribution in [0.3, 0.4) is 0 Å². The van der Waals surface area contributed by atoms with Crippen molar-refractivity contribution in [1.29, 1.82) is 0 Å². The van der Waals surface area contributed by atoms with E-state index in [1.54, 1.807) is 6.20 Å². The molecule has 0 aliphatic rings. The van der Waals surface area contributed by atoms with Crippen LogP contribution >= 0.6 is 0 Å². The third-order valence-corrected chi connectivity index (χ3v) is 8.73. The lowest BCUT2D eigenvalue weighted by molar-refractivity contribution is 1.26. The molecule has 224 valence electrons. The molecular formula is C43H27N5. The lowest BCUT2D eigenvalue weighted by Crippen LogP contribution is -1.96. The van der Waals surface area contributed by atoms with Crippen LogP contribution in [0, 0.1) is 0 Å². The van der Waals surface area contributed by atoms with Crippen LogP contribution in [0.2, 0.25) is 0 Å². The van der Waals surface area contributed by atoms with E-state index in [1.165, 1.54) is 0 Å². The van der Waals surface area contributed by atoms with Crippen molar-refractivity contribution >= 4 is 32.8 Å². The monoisotopic (exact) mass is 613 g/mol. The Morgan fingerprint density at radius 1 is 0.333 bits per heavy atom. The van der Waals surface area contributed by atoms with Crippen molar-refractivity contribution < 1.29 is 0 Å². The fourth-order valence-electron chi connectivity index (χ4n) is 6.29. The first kappa shape index (κ1) is 27.7. The van der Waals surface area contributed by atoms with Gasteiger partial charge < -0.3 is 0 Å². The minimum atomic E-state index is 0.810. The van der Waals surface area contributed by atoms with Crippen LogP contribution in [0.4, 0.5) is 0 Å². The molecule has 4 heterocycles. The molecule has 0 saturated carbocycles. The normalized spacial score (nSPS) is 11.3. The molecule has 0 N–H and O–H groups in total. The van der Waals surface area contributed by atoms with Crippen molar-refractivity contribution in [3.05, 3.63) is 164 Å². The van der Waals surface area contributed by atoms with E-state index in [9.17, 15) is 0 Å². The molecule has 0 saturated heterocycles. The highest BCUT2D eigenvalue weighted by Crippen LogP contribution is 2.34. The summed E-state index contributed by atoms with van der Waals surface area (Å²) >= 11 is 0. The summed E-state index contributed by atoms with van der Waals surface area (Å²) in [5.41, 5.74) is 13.2. The minimum absolute atomic E-state index is 0.810. The second kappa shape index (κ2) is 11.6. The maximum Gasteiger partial charge on any atom is 0.0988 e. The molecule has 0 unspecified atom stereocenters. The number of rotatable bonds is 5. The molecule has 9 aromatic rings. The Kier molecular flexibility index (Phi) is 6.72. The predicted octanol–water partition coefficient (Wildman–Crippen LogP) is 10.5. The van der Waals surface area contributed by atoms with Crippen LogP contribution in [0.25, 0.3) is 89.0 Å². The van der Waals surface area contributed by atoms with Crippen LogP contribution in [0.1, 0.15) is 0 Å². The zero-order valence-corrected chi connectivity index (χ0v) is 25.8. The van der Waals surface area contributed by atoms with Crippen molar-refractivity contribution in [2.45, 2.75) is 0 Å². The summed E-state index contributed by atoms with van der Waals surface area (Å²) in [6, 6.07) is 51.9. The molecule has 48 heavy (non-hydrogen) atoms. The highest BCUT2D eigenvalue weighted by molar-refractivity contribution is 6.04. The number of aromatic nitrogens is 5. The molecule has 0 amide bonds. The topological polar surface area (TPSA) is 64.5 Å². The number of fused-ring (bicyclic) bond motifs is 4. The van der Waals surface area contributed by atoms with Crippen LogP contribution in [0.15, 0.2) is 164 Å². The maximum absolute atomic E-state index is 5.19. The fraction of sp³-hybridized carbons (Fsp3) is 0. The van der Waals surface area contributed by atoms with Gasteiger partial charge in [0.25, 0.3) is 0 Å². The van der Waals surface area contributed by atoms with E-state index in [4.69, 9.17) is 19.9 Å². The molecule has 0 aliphatic heterocycles. The number of hydrogen-bond donors (Lipinski definition) is 0. The average Bonchev–Trinajstić information content (AvgIpc) is 3.18. The van der Waals surface area contributed by atoms with Gasteiger partial charge in [0.2, 0.25) is 0 Å². The van der Waals surface area contributed by atoms with E-state index in [2.05, 4.69) is 108 Å². The Morgan fingerprint density at radius 2 is 0.896 bits per heavy atom. The van der Waals surface area contributed by atoms with Gasteiger partial charge in [-0.25, -0.2) is 19.9 Å². The zero-order chi connectivity index (χ0) is 31.9. The fourth-order valence-corrected chi connectivity index (χ4v) is 6.29. The molecule has 0 aliphatic carbocycles. The SMILES string of the molecule is c1ccc(-c2ccc3ccc4ccc(-c5cccc(-c6ccc7nc(-c8ccccc8)c(-c8cccnc8)nc7c6)c5)nc4c3n2)cc1. The van der Waals surface area contributed by atoms with E-state index < -0.39 is 0 Å². The summed E-state index contributed by atoms with van der Waals surface area (Å²) in [7, 11) is 0. The summed E-state index contributed by atoms with van der Waals surface area (Å²) in [5, 5.41) is 2.13. The van der Waals surface area contributed by atoms with Crippen molar-refractivity contribution in [2.24, 2.45) is 0 Å². The van der Waals surface area contributed by atoms with Crippen LogP contribution in [-0.4, -0.2) is 24.9 Å². The molecule has 0 bridgehead atoms. The van der Waals surface area contributed by atoms with Crippen molar-refractivity contribution in [3.8, 4) is 56.2 Å². The summed E-state index contributed by atoms with van der Waals surface area (Å²) in [4.78, 5) is 24.9. The van der Waals surface area contributed by atoms with E-state index in [-0.39, 0.29) is 0 Å². The third kappa shape index (κ3) is 5.04. The lowest BCUT2D eigenvalue weighted by atomic mass is 9.99. The quantitative estimate of drug-likeness (QED) is 0.181. The van der Waals surface area contributed by atoms with E-state index >= 15 is 0 Å². The van der Waals surface area contributed by atoms with Crippen LogP contribution in [-0.2, 0) is 0 Å². The third-order valence-electron chi connectivity index (χ3n) is 8.73. The highest BCUT2D eigenvalue weighted by atomic mass is 14.8. The predicted molar refractivity (Wildman–Crippen MR) is 195 cm³/mol. The highest BCUT2D eigenvalue weighted by Gasteiger charge is 2.15. The van der Waals surface area contributed by atoms with Gasteiger partial charge >= 0.3 is 0 Å². The number of nitrogens with zero attached hydrogens (tertiary/aromatic N) is 5. The van der Waals surface area contributed by atoms with Gasteiger partial charge in [-0.15, -0.1) is 0 Å². The second-order valence-electron chi connectivity index (χ2n) is 11.8. The van der Waals surface area contributed by atoms with E-state index in [0.29, 0.717) is 0 Å². The van der Waals surface area contributed by atoms with Crippen molar-refractivity contribution in [1.82, 2.24) is 24.9 Å². The summed E-state index contributed by atoms with van der Waals surface area (Å²) in [6.45, 7) is 0. The number of pyridine rings is 3. The molecule has 9 rings (SSSR count). The minimum Gasteiger partial charge on any atom is -0.264 e. The molecule has 0 radical (unpaired) electrons. The first-order valence-corrected chi connectivity index (χ1v) is 15.9. The first-order valence-electron chi connectivity index (χ1n) is 15.9. The van der Waals surface area contributed by atoms with Crippen molar-refractivity contribution in [3.63, 3.8) is 0 Å².